The fourth-order valence-electron chi connectivity index (χ4n) is 3.14. The summed E-state index contributed by atoms with van der Waals surface area (Å²) in [7, 11) is 1.93. The summed E-state index contributed by atoms with van der Waals surface area (Å²) in [6.07, 6.45) is 8.01. The number of nitrogens with zero attached hydrogens (tertiary/aromatic N) is 5. The molecule has 0 bridgehead atoms. The second kappa shape index (κ2) is 5.65. The van der Waals surface area contributed by atoms with Crippen molar-refractivity contribution in [1.82, 2.24) is 19.7 Å². The molecule has 1 saturated heterocycles. The van der Waals surface area contributed by atoms with Gasteiger partial charge in [-0.3, -0.25) is 9.67 Å². The molecule has 4 rings (SSSR count). The summed E-state index contributed by atoms with van der Waals surface area (Å²) in [6.45, 7) is 0.959. The highest BCUT2D eigenvalue weighted by Gasteiger charge is 2.28. The molecule has 5 nitrogen and oxygen atoms in total. The third-order valence-electron chi connectivity index (χ3n) is 4.23. The van der Waals surface area contributed by atoms with Crippen molar-refractivity contribution in [3.63, 3.8) is 0 Å². The standard InChI is InChI=1S/C16H15Cl2N5/c1-22-9-10(7-20-22)15-3-2-4-23(15)16-8-19-13-5-11(17)12(18)6-14(13)21-16/h5-9,15H,2-4H2,1H3/t15-/m1/s1. The van der Waals surface area contributed by atoms with Gasteiger partial charge in [0.1, 0.15) is 5.82 Å². The van der Waals surface area contributed by atoms with Gasteiger partial charge in [-0.25, -0.2) is 4.98 Å². The van der Waals surface area contributed by atoms with E-state index in [2.05, 4.69) is 21.2 Å². The Morgan fingerprint density at radius 3 is 2.65 bits per heavy atom. The fraction of sp³-hybridized carbons (Fsp3) is 0.312. The van der Waals surface area contributed by atoms with Crippen molar-refractivity contribution in [2.45, 2.75) is 18.9 Å². The van der Waals surface area contributed by atoms with Gasteiger partial charge in [0.05, 0.1) is 39.5 Å². The molecule has 1 aromatic carbocycles. The lowest BCUT2D eigenvalue weighted by Gasteiger charge is -2.24. The van der Waals surface area contributed by atoms with Crippen molar-refractivity contribution >= 4 is 40.1 Å². The minimum Gasteiger partial charge on any atom is -0.348 e. The third kappa shape index (κ3) is 2.64. The number of hydrogen-bond acceptors (Lipinski definition) is 4. The van der Waals surface area contributed by atoms with Crippen LogP contribution in [-0.4, -0.2) is 26.3 Å². The van der Waals surface area contributed by atoms with Gasteiger partial charge in [0.2, 0.25) is 0 Å². The van der Waals surface area contributed by atoms with Gasteiger partial charge >= 0.3 is 0 Å². The van der Waals surface area contributed by atoms with Crippen molar-refractivity contribution in [3.05, 3.63) is 46.3 Å². The maximum absolute atomic E-state index is 6.10. The minimum absolute atomic E-state index is 0.290. The van der Waals surface area contributed by atoms with Gasteiger partial charge in [0.15, 0.2) is 0 Å². The van der Waals surface area contributed by atoms with Gasteiger partial charge in [-0.05, 0) is 25.0 Å². The van der Waals surface area contributed by atoms with Gasteiger partial charge in [-0.1, -0.05) is 23.2 Å². The SMILES string of the molecule is Cn1cc([C@H]2CCCN2c2cnc3cc(Cl)c(Cl)cc3n2)cn1. The number of halogens is 2. The van der Waals surface area contributed by atoms with Crippen LogP contribution < -0.4 is 4.90 Å². The van der Waals surface area contributed by atoms with Gasteiger partial charge in [-0.15, -0.1) is 0 Å². The summed E-state index contributed by atoms with van der Waals surface area (Å²) in [4.78, 5) is 11.5. The van der Waals surface area contributed by atoms with Crippen LogP contribution >= 0.6 is 23.2 Å². The van der Waals surface area contributed by atoms with Crippen LogP contribution in [0.5, 0.6) is 0 Å². The van der Waals surface area contributed by atoms with E-state index in [0.29, 0.717) is 16.1 Å². The molecule has 0 aliphatic carbocycles. The third-order valence-corrected chi connectivity index (χ3v) is 4.95. The van der Waals surface area contributed by atoms with Crippen LogP contribution in [0.25, 0.3) is 11.0 Å². The van der Waals surface area contributed by atoms with Crippen molar-refractivity contribution in [3.8, 4) is 0 Å². The summed E-state index contributed by atoms with van der Waals surface area (Å²) in [5.41, 5.74) is 2.72. The van der Waals surface area contributed by atoms with E-state index in [1.165, 1.54) is 5.56 Å². The van der Waals surface area contributed by atoms with E-state index in [1.807, 2.05) is 17.9 Å². The number of fused-ring (bicyclic) bond motifs is 1. The monoisotopic (exact) mass is 347 g/mol. The molecule has 1 aliphatic heterocycles. The summed E-state index contributed by atoms with van der Waals surface area (Å²) in [6, 6.07) is 3.81. The summed E-state index contributed by atoms with van der Waals surface area (Å²) >= 11 is 12.1. The molecular formula is C16H15Cl2N5. The number of aromatic nitrogens is 4. The fourth-order valence-corrected chi connectivity index (χ4v) is 3.45. The Morgan fingerprint density at radius 2 is 1.91 bits per heavy atom. The molecule has 0 N–H and O–H groups in total. The van der Waals surface area contributed by atoms with Gasteiger partial charge < -0.3 is 4.90 Å². The zero-order valence-electron chi connectivity index (χ0n) is 12.6. The van der Waals surface area contributed by atoms with E-state index < -0.39 is 0 Å². The Kier molecular flexibility index (Phi) is 3.62. The molecule has 0 radical (unpaired) electrons. The lowest BCUT2D eigenvalue weighted by molar-refractivity contribution is 0.708. The Bertz CT molecular complexity index is 876. The predicted molar refractivity (Wildman–Crippen MR) is 92.1 cm³/mol. The highest BCUT2D eigenvalue weighted by atomic mass is 35.5. The first-order chi connectivity index (χ1) is 11.1. The van der Waals surface area contributed by atoms with E-state index in [1.54, 1.807) is 18.3 Å². The van der Waals surface area contributed by atoms with E-state index in [9.17, 15) is 0 Å². The van der Waals surface area contributed by atoms with Gasteiger partial charge in [-0.2, -0.15) is 5.10 Å². The van der Waals surface area contributed by atoms with Gasteiger partial charge in [0.25, 0.3) is 0 Å². The summed E-state index contributed by atoms with van der Waals surface area (Å²) < 4.78 is 1.83. The molecule has 7 heteroatoms. The minimum atomic E-state index is 0.290. The molecule has 1 fully saturated rings. The Morgan fingerprint density at radius 1 is 1.13 bits per heavy atom. The van der Waals surface area contributed by atoms with Crippen LogP contribution in [0, 0.1) is 0 Å². The van der Waals surface area contributed by atoms with Crippen LogP contribution in [0.3, 0.4) is 0 Å². The first-order valence-corrected chi connectivity index (χ1v) is 8.24. The molecule has 3 heterocycles. The Hall–Kier alpha value is -1.85. The van der Waals surface area contributed by atoms with Gasteiger partial charge in [0, 0.05) is 25.4 Å². The molecule has 3 aromatic rings. The zero-order chi connectivity index (χ0) is 16.0. The normalized spacial score (nSPS) is 18.0. The molecule has 1 aliphatic rings. The average Bonchev–Trinajstić information content (AvgIpc) is 3.16. The maximum atomic E-state index is 6.10. The van der Waals surface area contributed by atoms with Crippen LogP contribution in [0.4, 0.5) is 5.82 Å². The first-order valence-electron chi connectivity index (χ1n) is 7.49. The molecule has 23 heavy (non-hydrogen) atoms. The predicted octanol–water partition coefficient (Wildman–Crippen LogP) is 4.01. The van der Waals surface area contributed by atoms with E-state index in [4.69, 9.17) is 28.2 Å². The van der Waals surface area contributed by atoms with Crippen molar-refractivity contribution in [2.75, 3.05) is 11.4 Å². The molecular weight excluding hydrogens is 333 g/mol. The average molecular weight is 348 g/mol. The quantitative estimate of drug-likeness (QED) is 0.702. The maximum Gasteiger partial charge on any atom is 0.148 e. The Labute approximate surface area is 143 Å². The molecule has 0 amide bonds. The molecule has 0 saturated carbocycles. The summed E-state index contributed by atoms with van der Waals surface area (Å²) in [5, 5.41) is 5.27. The van der Waals surface area contributed by atoms with Crippen molar-refractivity contribution in [1.29, 1.82) is 0 Å². The highest BCUT2D eigenvalue weighted by Crippen LogP contribution is 2.35. The van der Waals surface area contributed by atoms with E-state index in [0.717, 1.165) is 36.2 Å². The number of benzene rings is 1. The molecule has 0 unspecified atom stereocenters. The number of aryl methyl sites for hydroxylation is 1. The number of anilines is 1. The molecule has 2 aromatic heterocycles. The molecule has 118 valence electrons. The lowest BCUT2D eigenvalue weighted by Crippen LogP contribution is -2.23. The summed E-state index contributed by atoms with van der Waals surface area (Å²) in [5.74, 6) is 0.863. The highest BCUT2D eigenvalue weighted by molar-refractivity contribution is 6.42. The van der Waals surface area contributed by atoms with Crippen LogP contribution in [0.1, 0.15) is 24.4 Å². The molecule has 1 atom stereocenters. The topological polar surface area (TPSA) is 46.8 Å². The van der Waals surface area contributed by atoms with Crippen molar-refractivity contribution in [2.24, 2.45) is 7.05 Å². The first kappa shape index (κ1) is 14.7. The zero-order valence-corrected chi connectivity index (χ0v) is 14.1. The second-order valence-electron chi connectivity index (χ2n) is 5.78. The molecule has 0 spiro atoms. The van der Waals surface area contributed by atoms with Crippen LogP contribution in [0.2, 0.25) is 10.0 Å². The second-order valence-corrected chi connectivity index (χ2v) is 6.60. The van der Waals surface area contributed by atoms with Crippen LogP contribution in [-0.2, 0) is 7.05 Å². The smallest absolute Gasteiger partial charge is 0.148 e. The number of rotatable bonds is 2. The van der Waals surface area contributed by atoms with E-state index in [-0.39, 0.29) is 0 Å². The largest absolute Gasteiger partial charge is 0.348 e. The lowest BCUT2D eigenvalue weighted by atomic mass is 10.1. The van der Waals surface area contributed by atoms with Crippen LogP contribution in [0.15, 0.2) is 30.7 Å². The Balaban J connectivity index is 1.74. The van der Waals surface area contributed by atoms with E-state index >= 15 is 0 Å². The number of hydrogen-bond donors (Lipinski definition) is 0. The van der Waals surface area contributed by atoms with Crippen molar-refractivity contribution < 1.29 is 0 Å².